The number of nitrogens with zero attached hydrogens (tertiary/aromatic N) is 2. The van der Waals surface area contributed by atoms with E-state index in [0.29, 0.717) is 29.4 Å². The molecule has 0 saturated carbocycles. The molecule has 188 valence electrons. The van der Waals surface area contributed by atoms with Crippen LogP contribution in [0, 0.1) is 0 Å². The molecule has 1 heterocycles. The van der Waals surface area contributed by atoms with Crippen LogP contribution in [0.1, 0.15) is 29.3 Å². The first-order chi connectivity index (χ1) is 15.9. The molecule has 0 saturated heterocycles. The van der Waals surface area contributed by atoms with Crippen molar-refractivity contribution >= 4 is 18.3 Å². The number of ether oxygens (including phenoxy) is 5. The van der Waals surface area contributed by atoms with Gasteiger partial charge in [0.25, 0.3) is 5.91 Å². The first-order valence-corrected chi connectivity index (χ1v) is 11.0. The number of carbonyl (C=O) groups excluding carboxylic acids is 1. The Kier molecular flexibility index (Phi) is 10.1. The number of halogens is 1. The maximum atomic E-state index is 13.1. The molecule has 9 heteroatoms. The first kappa shape index (κ1) is 27.4. The fourth-order valence-electron chi connectivity index (χ4n) is 3.95. The second kappa shape index (κ2) is 12.6. The van der Waals surface area contributed by atoms with Crippen molar-refractivity contribution in [3.63, 3.8) is 0 Å². The number of fused-ring (bicyclic) bond motifs is 1. The maximum Gasteiger partial charge on any atom is 0.260 e. The molecule has 0 spiro atoms. The number of hydrogen-bond acceptors (Lipinski definition) is 7. The van der Waals surface area contributed by atoms with E-state index in [1.165, 1.54) is 5.56 Å². The van der Waals surface area contributed by atoms with E-state index in [1.807, 2.05) is 19.1 Å². The lowest BCUT2D eigenvalue weighted by atomic mass is 10.1. The largest absolute Gasteiger partial charge is 0.493 e. The minimum atomic E-state index is -0.347. The van der Waals surface area contributed by atoms with Crippen LogP contribution in [0.15, 0.2) is 30.3 Å². The average molecular weight is 495 g/mol. The molecule has 1 aliphatic heterocycles. The molecule has 0 aromatic heterocycles. The predicted molar refractivity (Wildman–Crippen MR) is 133 cm³/mol. The number of methoxy groups -OCH3 is 4. The standard InChI is InChI=1S/C25H34N2O6.ClH/c1-17-27(25(28)19-15-23(31-5)24(32-6)16-21(19)33-17)12-7-11-26(2)13-10-18-8-9-20(29-3)22(14-18)30-4;/h8-9,14-17H,7,10-13H2,1-6H3;1H. The van der Waals surface area contributed by atoms with E-state index in [1.54, 1.807) is 45.5 Å². The molecular formula is C25H35ClN2O6. The SMILES string of the molecule is COc1ccc(CCN(C)CCCN2C(=O)c3cc(OC)c(OC)cc3OC2C)cc1OC.Cl. The Balaban J connectivity index is 0.00000408. The van der Waals surface area contributed by atoms with Crippen LogP contribution in [0.25, 0.3) is 0 Å². The zero-order chi connectivity index (χ0) is 24.0. The summed E-state index contributed by atoms with van der Waals surface area (Å²) in [5, 5.41) is 0. The quantitative estimate of drug-likeness (QED) is 0.469. The van der Waals surface area contributed by atoms with E-state index >= 15 is 0 Å². The van der Waals surface area contributed by atoms with Crippen molar-refractivity contribution in [3.05, 3.63) is 41.5 Å². The maximum absolute atomic E-state index is 13.1. The Labute approximate surface area is 208 Å². The molecule has 2 aromatic carbocycles. The summed E-state index contributed by atoms with van der Waals surface area (Å²) in [6.07, 6.45) is 1.39. The Bertz CT molecular complexity index is 971. The van der Waals surface area contributed by atoms with Gasteiger partial charge in [-0.1, -0.05) is 6.07 Å². The van der Waals surface area contributed by atoms with E-state index in [4.69, 9.17) is 23.7 Å². The van der Waals surface area contributed by atoms with Crippen molar-refractivity contribution in [3.8, 4) is 28.7 Å². The molecule has 0 bridgehead atoms. The highest BCUT2D eigenvalue weighted by molar-refractivity contribution is 5.98. The Morgan fingerprint density at radius 1 is 0.912 bits per heavy atom. The number of benzene rings is 2. The van der Waals surface area contributed by atoms with Gasteiger partial charge >= 0.3 is 0 Å². The molecule has 1 unspecified atom stereocenters. The van der Waals surface area contributed by atoms with E-state index in [9.17, 15) is 4.79 Å². The summed E-state index contributed by atoms with van der Waals surface area (Å²) in [6, 6.07) is 9.40. The van der Waals surface area contributed by atoms with Crippen molar-refractivity contribution < 1.29 is 28.5 Å². The van der Waals surface area contributed by atoms with Gasteiger partial charge in [-0.05, 0) is 51.1 Å². The van der Waals surface area contributed by atoms with Crippen LogP contribution in [-0.2, 0) is 6.42 Å². The van der Waals surface area contributed by atoms with Crippen LogP contribution >= 0.6 is 12.4 Å². The van der Waals surface area contributed by atoms with Crippen LogP contribution in [0.3, 0.4) is 0 Å². The third kappa shape index (κ3) is 6.18. The van der Waals surface area contributed by atoms with Gasteiger partial charge in [-0.15, -0.1) is 12.4 Å². The molecular weight excluding hydrogens is 460 g/mol. The highest BCUT2D eigenvalue weighted by Gasteiger charge is 2.32. The van der Waals surface area contributed by atoms with Gasteiger partial charge < -0.3 is 33.5 Å². The normalized spacial score (nSPS) is 14.7. The summed E-state index contributed by atoms with van der Waals surface area (Å²) < 4.78 is 27.3. The van der Waals surface area contributed by atoms with Crippen LogP contribution in [0.2, 0.25) is 0 Å². The minimum absolute atomic E-state index is 0. The lowest BCUT2D eigenvalue weighted by Gasteiger charge is -2.35. The Hall–Kier alpha value is -2.84. The van der Waals surface area contributed by atoms with Gasteiger partial charge in [-0.3, -0.25) is 4.79 Å². The zero-order valence-corrected chi connectivity index (χ0v) is 21.6. The minimum Gasteiger partial charge on any atom is -0.493 e. The summed E-state index contributed by atoms with van der Waals surface area (Å²) in [5.74, 6) is 2.99. The molecule has 0 N–H and O–H groups in total. The summed E-state index contributed by atoms with van der Waals surface area (Å²) in [7, 11) is 8.48. The van der Waals surface area contributed by atoms with Crippen molar-refractivity contribution in [1.29, 1.82) is 0 Å². The van der Waals surface area contributed by atoms with Gasteiger partial charge in [-0.25, -0.2) is 0 Å². The monoisotopic (exact) mass is 494 g/mol. The summed E-state index contributed by atoms with van der Waals surface area (Å²) >= 11 is 0. The number of likely N-dealkylation sites (N-methyl/N-ethyl adjacent to an activating group) is 1. The van der Waals surface area contributed by atoms with Gasteiger partial charge in [0.2, 0.25) is 0 Å². The molecule has 34 heavy (non-hydrogen) atoms. The third-order valence-corrected chi connectivity index (χ3v) is 5.88. The Morgan fingerprint density at radius 3 is 2.18 bits per heavy atom. The molecule has 0 radical (unpaired) electrons. The van der Waals surface area contributed by atoms with Gasteiger partial charge in [-0.2, -0.15) is 0 Å². The van der Waals surface area contributed by atoms with Crippen LogP contribution < -0.4 is 23.7 Å². The highest BCUT2D eigenvalue weighted by Crippen LogP contribution is 2.38. The van der Waals surface area contributed by atoms with Gasteiger partial charge in [0.1, 0.15) is 5.75 Å². The Morgan fingerprint density at radius 2 is 1.53 bits per heavy atom. The van der Waals surface area contributed by atoms with Gasteiger partial charge in [0.05, 0.1) is 34.0 Å². The third-order valence-electron chi connectivity index (χ3n) is 5.88. The lowest BCUT2D eigenvalue weighted by Crippen LogP contribution is -2.46. The summed E-state index contributed by atoms with van der Waals surface area (Å²) in [5.41, 5.74) is 1.68. The molecule has 3 rings (SSSR count). The second-order valence-electron chi connectivity index (χ2n) is 8.02. The molecule has 0 fully saturated rings. The van der Waals surface area contributed by atoms with E-state index in [-0.39, 0.29) is 24.5 Å². The van der Waals surface area contributed by atoms with E-state index in [0.717, 1.165) is 37.4 Å². The average Bonchev–Trinajstić information content (AvgIpc) is 2.83. The number of hydrogen-bond donors (Lipinski definition) is 0. The topological polar surface area (TPSA) is 69.7 Å². The number of carbonyl (C=O) groups is 1. The van der Waals surface area contributed by atoms with Gasteiger partial charge in [0.15, 0.2) is 29.2 Å². The molecule has 1 atom stereocenters. The molecule has 0 aliphatic carbocycles. The smallest absolute Gasteiger partial charge is 0.260 e. The summed E-state index contributed by atoms with van der Waals surface area (Å²) in [4.78, 5) is 17.1. The fraction of sp³-hybridized carbons (Fsp3) is 0.480. The second-order valence-corrected chi connectivity index (χ2v) is 8.02. The van der Waals surface area contributed by atoms with Crippen molar-refractivity contribution in [2.24, 2.45) is 0 Å². The van der Waals surface area contributed by atoms with Crippen LogP contribution in [0.5, 0.6) is 28.7 Å². The fourth-order valence-corrected chi connectivity index (χ4v) is 3.95. The van der Waals surface area contributed by atoms with Crippen molar-refractivity contribution in [1.82, 2.24) is 9.80 Å². The molecule has 1 aliphatic rings. The molecule has 2 aromatic rings. The van der Waals surface area contributed by atoms with Crippen LogP contribution in [-0.4, -0.2) is 77.1 Å². The molecule has 8 nitrogen and oxygen atoms in total. The zero-order valence-electron chi connectivity index (χ0n) is 20.8. The first-order valence-electron chi connectivity index (χ1n) is 11.0. The number of amides is 1. The summed E-state index contributed by atoms with van der Waals surface area (Å²) in [6.45, 7) is 4.25. The number of rotatable bonds is 11. The molecule has 1 amide bonds. The van der Waals surface area contributed by atoms with Crippen molar-refractivity contribution in [2.75, 3.05) is 55.1 Å². The van der Waals surface area contributed by atoms with Gasteiger partial charge in [0, 0.05) is 25.2 Å². The van der Waals surface area contributed by atoms with Crippen molar-refractivity contribution in [2.45, 2.75) is 26.0 Å². The highest BCUT2D eigenvalue weighted by atomic mass is 35.5. The van der Waals surface area contributed by atoms with E-state index in [2.05, 4.69) is 18.0 Å². The van der Waals surface area contributed by atoms with Crippen LogP contribution in [0.4, 0.5) is 0 Å². The predicted octanol–water partition coefficient (Wildman–Crippen LogP) is 3.89. The lowest BCUT2D eigenvalue weighted by molar-refractivity contribution is 0.0168. The van der Waals surface area contributed by atoms with E-state index < -0.39 is 0 Å².